The average molecular weight is 391 g/mol. The molecule has 4 saturated carbocycles. The van der Waals surface area contributed by atoms with Gasteiger partial charge in [0, 0.05) is 31.1 Å². The van der Waals surface area contributed by atoms with Gasteiger partial charge in [-0.25, -0.2) is 0 Å². The molecule has 156 valence electrons. The molecule has 4 fully saturated rings. The first-order valence-corrected chi connectivity index (χ1v) is 11.0. The van der Waals surface area contributed by atoms with E-state index in [9.17, 15) is 14.4 Å². The topological polar surface area (TPSA) is 69.7 Å². The largest absolute Gasteiger partial charge is 0.462 e. The molecule has 0 aliphatic heterocycles. The molecule has 0 amide bonds. The molecule has 0 N–H and O–H groups in total. The summed E-state index contributed by atoms with van der Waals surface area (Å²) in [7, 11) is 0. The van der Waals surface area contributed by atoms with Gasteiger partial charge in [0.25, 0.3) is 0 Å². The van der Waals surface area contributed by atoms with Crippen LogP contribution in [-0.2, 0) is 23.9 Å². The lowest BCUT2D eigenvalue weighted by Crippen LogP contribution is -2.58. The minimum absolute atomic E-state index is 0.0249. The van der Waals surface area contributed by atoms with E-state index in [2.05, 4.69) is 13.8 Å². The number of hydrogen-bond acceptors (Lipinski definition) is 5. The number of ketones is 1. The second-order valence-electron chi connectivity index (χ2n) is 10.2. The van der Waals surface area contributed by atoms with Gasteiger partial charge in [-0.3, -0.25) is 14.4 Å². The molecule has 4 rings (SSSR count). The maximum Gasteiger partial charge on any atom is 0.302 e. The zero-order chi connectivity index (χ0) is 20.3. The molecule has 0 heterocycles. The summed E-state index contributed by atoms with van der Waals surface area (Å²) >= 11 is 0. The predicted molar refractivity (Wildman–Crippen MR) is 103 cm³/mol. The van der Waals surface area contributed by atoms with E-state index in [-0.39, 0.29) is 35.0 Å². The fraction of sp³-hybridized carbons (Fsp3) is 0.870. The molecule has 0 bridgehead atoms. The molecule has 0 radical (unpaired) electrons. The van der Waals surface area contributed by atoms with Crippen molar-refractivity contribution in [1.29, 1.82) is 0 Å². The molecule has 5 nitrogen and oxygen atoms in total. The smallest absolute Gasteiger partial charge is 0.302 e. The highest BCUT2D eigenvalue weighted by Crippen LogP contribution is 2.66. The third-order valence-electron chi connectivity index (χ3n) is 9.02. The summed E-state index contributed by atoms with van der Waals surface area (Å²) in [6.07, 6.45) is 7.26. The Morgan fingerprint density at radius 1 is 0.929 bits per heavy atom. The van der Waals surface area contributed by atoms with Crippen LogP contribution in [0.3, 0.4) is 0 Å². The van der Waals surface area contributed by atoms with Crippen LogP contribution in [0.1, 0.15) is 79.1 Å². The minimum atomic E-state index is -0.291. The van der Waals surface area contributed by atoms with Crippen LogP contribution in [0.2, 0.25) is 0 Å². The van der Waals surface area contributed by atoms with Crippen LogP contribution in [0.25, 0.3) is 0 Å². The lowest BCUT2D eigenvalue weighted by atomic mass is 9.45. The maximum atomic E-state index is 13.3. The van der Waals surface area contributed by atoms with Gasteiger partial charge in [0.1, 0.15) is 18.0 Å². The van der Waals surface area contributed by atoms with Gasteiger partial charge >= 0.3 is 11.9 Å². The third kappa shape index (κ3) is 2.91. The van der Waals surface area contributed by atoms with Gasteiger partial charge in [-0.1, -0.05) is 13.8 Å². The quantitative estimate of drug-likeness (QED) is 0.665. The van der Waals surface area contributed by atoms with Crippen molar-refractivity contribution in [3.63, 3.8) is 0 Å². The highest BCUT2D eigenvalue weighted by Gasteiger charge is 2.63. The second kappa shape index (κ2) is 6.84. The molecule has 0 aromatic carbocycles. The van der Waals surface area contributed by atoms with Crippen LogP contribution in [0.5, 0.6) is 0 Å². The summed E-state index contributed by atoms with van der Waals surface area (Å²) in [6.45, 7) is 7.44. The van der Waals surface area contributed by atoms with Crippen LogP contribution in [-0.4, -0.2) is 29.9 Å². The summed E-state index contributed by atoms with van der Waals surface area (Å²) in [5.41, 5.74) is -0.242. The van der Waals surface area contributed by atoms with Gasteiger partial charge < -0.3 is 9.47 Å². The van der Waals surface area contributed by atoms with Gasteiger partial charge in [0.15, 0.2) is 0 Å². The van der Waals surface area contributed by atoms with Crippen molar-refractivity contribution in [2.24, 2.45) is 34.5 Å². The lowest BCUT2D eigenvalue weighted by Gasteiger charge is -2.59. The lowest BCUT2D eigenvalue weighted by molar-refractivity contribution is -0.174. The van der Waals surface area contributed by atoms with Crippen molar-refractivity contribution in [3.05, 3.63) is 0 Å². The first-order chi connectivity index (χ1) is 13.2. The number of carbonyl (C=O) groups excluding carboxylic acids is 3. The third-order valence-corrected chi connectivity index (χ3v) is 9.02. The standard InChI is InChI=1S/C23H34O5/c1-13(24)27-16-11-15-5-6-17-18-7-8-21(28-14(2)25)22(18,3)10-9-19(17)23(15,4)20(26)12-16/h15-19,21H,5-12H2,1-4H3. The number of Topliss-reactive ketones (excluding diaryl/α,β-unsaturated/α-hetero) is 1. The number of rotatable bonds is 2. The van der Waals surface area contributed by atoms with E-state index in [4.69, 9.17) is 9.47 Å². The van der Waals surface area contributed by atoms with Crippen molar-refractivity contribution in [1.82, 2.24) is 0 Å². The van der Waals surface area contributed by atoms with Gasteiger partial charge in [-0.15, -0.1) is 0 Å². The number of ether oxygens (including phenoxy) is 2. The second-order valence-corrected chi connectivity index (χ2v) is 10.2. The normalized spacial score (nSPS) is 47.5. The summed E-state index contributed by atoms with van der Waals surface area (Å²) in [5.74, 6) is 1.63. The Balaban J connectivity index is 1.56. The van der Waals surface area contributed by atoms with E-state index < -0.39 is 0 Å². The average Bonchev–Trinajstić information content (AvgIpc) is 2.92. The van der Waals surface area contributed by atoms with Crippen molar-refractivity contribution in [3.8, 4) is 0 Å². The molecule has 4 aliphatic carbocycles. The van der Waals surface area contributed by atoms with E-state index in [1.165, 1.54) is 13.8 Å². The predicted octanol–water partition coefficient (Wildman–Crippen LogP) is 4.07. The van der Waals surface area contributed by atoms with E-state index in [1.54, 1.807) is 0 Å². The van der Waals surface area contributed by atoms with Crippen molar-refractivity contribution in [2.75, 3.05) is 0 Å². The summed E-state index contributed by atoms with van der Waals surface area (Å²) < 4.78 is 11.1. The summed E-state index contributed by atoms with van der Waals surface area (Å²) in [4.78, 5) is 36.3. The maximum absolute atomic E-state index is 13.3. The number of esters is 2. The molecule has 4 aliphatic rings. The van der Waals surface area contributed by atoms with E-state index in [0.29, 0.717) is 35.9 Å². The Bertz CT molecular complexity index is 686. The Morgan fingerprint density at radius 2 is 1.64 bits per heavy atom. The summed E-state index contributed by atoms with van der Waals surface area (Å²) in [5, 5.41) is 0. The Morgan fingerprint density at radius 3 is 2.32 bits per heavy atom. The Kier molecular flexibility index (Phi) is 4.86. The zero-order valence-electron chi connectivity index (χ0n) is 17.7. The van der Waals surface area contributed by atoms with E-state index >= 15 is 0 Å². The molecule has 0 spiro atoms. The molecule has 28 heavy (non-hydrogen) atoms. The molecule has 8 unspecified atom stereocenters. The van der Waals surface area contributed by atoms with Crippen molar-refractivity contribution < 1.29 is 23.9 Å². The van der Waals surface area contributed by atoms with E-state index in [1.807, 2.05) is 0 Å². The zero-order valence-corrected chi connectivity index (χ0v) is 17.7. The van der Waals surface area contributed by atoms with Crippen LogP contribution in [0, 0.1) is 34.5 Å². The minimum Gasteiger partial charge on any atom is -0.462 e. The fourth-order valence-electron chi connectivity index (χ4n) is 7.73. The van der Waals surface area contributed by atoms with Crippen LogP contribution < -0.4 is 0 Å². The first kappa shape index (κ1) is 19.9. The molecule has 8 atom stereocenters. The fourth-order valence-corrected chi connectivity index (χ4v) is 7.73. The monoisotopic (exact) mass is 390 g/mol. The summed E-state index contributed by atoms with van der Waals surface area (Å²) in [6, 6.07) is 0. The Hall–Kier alpha value is -1.39. The number of carbonyl (C=O) groups is 3. The molecule has 0 aromatic heterocycles. The van der Waals surface area contributed by atoms with Gasteiger partial charge in [0.2, 0.25) is 0 Å². The highest BCUT2D eigenvalue weighted by atomic mass is 16.5. The Labute approximate surface area is 167 Å². The molecular formula is C23H34O5. The van der Waals surface area contributed by atoms with E-state index in [0.717, 1.165) is 44.9 Å². The van der Waals surface area contributed by atoms with Crippen molar-refractivity contribution >= 4 is 17.7 Å². The van der Waals surface area contributed by atoms with Crippen LogP contribution in [0.4, 0.5) is 0 Å². The highest BCUT2D eigenvalue weighted by molar-refractivity contribution is 5.87. The van der Waals surface area contributed by atoms with Gasteiger partial charge in [0.05, 0.1) is 0 Å². The van der Waals surface area contributed by atoms with Crippen molar-refractivity contribution in [2.45, 2.75) is 91.3 Å². The molecule has 0 saturated heterocycles. The molecule has 0 aromatic rings. The number of hydrogen-bond donors (Lipinski definition) is 0. The van der Waals surface area contributed by atoms with Crippen LogP contribution in [0.15, 0.2) is 0 Å². The molecular weight excluding hydrogens is 356 g/mol. The SMILES string of the molecule is CC(=O)OC1CC(=O)C2(C)C(CCC3C4CCC(OC(C)=O)C4(C)CCC32)C1. The van der Waals surface area contributed by atoms with Gasteiger partial charge in [-0.2, -0.15) is 0 Å². The first-order valence-electron chi connectivity index (χ1n) is 11.0. The van der Waals surface area contributed by atoms with Gasteiger partial charge in [-0.05, 0) is 68.6 Å². The molecule has 5 heteroatoms. The number of fused-ring (bicyclic) bond motifs is 5. The van der Waals surface area contributed by atoms with Crippen LogP contribution >= 0.6 is 0 Å².